The van der Waals surface area contributed by atoms with Gasteiger partial charge in [0.15, 0.2) is 9.84 Å². The van der Waals surface area contributed by atoms with Crippen LogP contribution in [0, 0.1) is 16.0 Å². The molecule has 8 nitrogen and oxygen atoms in total. The Balaban J connectivity index is 1.56. The number of alkyl halides is 3. The summed E-state index contributed by atoms with van der Waals surface area (Å²) in [4.78, 5) is 24.7. The van der Waals surface area contributed by atoms with Crippen molar-refractivity contribution in [3.63, 3.8) is 0 Å². The van der Waals surface area contributed by atoms with E-state index >= 15 is 0 Å². The molecule has 0 saturated carbocycles. The summed E-state index contributed by atoms with van der Waals surface area (Å²) < 4.78 is 63.3. The number of benzene rings is 2. The highest BCUT2D eigenvalue weighted by Crippen LogP contribution is 2.37. The Hall–Kier alpha value is -3.15. The average Bonchev–Trinajstić information content (AvgIpc) is 2.78. The second-order valence-electron chi connectivity index (χ2n) is 7.64. The number of sulfone groups is 1. The standard InChI is InChI=1S/C21H22F3N3O5S/c22-21(23,24)16-6-7-18(19(14-16)27(29)30)26-11-8-15(9-12-26)20(28)25-10-13-33(31,32)17-4-2-1-3-5-17/h1-7,14-15H,8-13H2,(H,25,28). The number of carbonyl (C=O) groups is 1. The predicted octanol–water partition coefficient (Wildman–Crippen LogP) is 3.42. The van der Waals surface area contributed by atoms with E-state index in [-0.39, 0.29) is 41.9 Å². The fourth-order valence-electron chi connectivity index (χ4n) is 3.69. The third-order valence-electron chi connectivity index (χ3n) is 5.48. The van der Waals surface area contributed by atoms with Gasteiger partial charge in [0, 0.05) is 31.6 Å². The molecular formula is C21H22F3N3O5S. The molecule has 0 bridgehead atoms. The van der Waals surface area contributed by atoms with Crippen LogP contribution in [0.1, 0.15) is 18.4 Å². The third-order valence-corrected chi connectivity index (χ3v) is 7.21. The first kappa shape index (κ1) is 24.5. The Morgan fingerprint density at radius 2 is 1.76 bits per heavy atom. The van der Waals surface area contributed by atoms with E-state index in [0.717, 1.165) is 12.1 Å². The lowest BCUT2D eigenvalue weighted by atomic mass is 9.95. The van der Waals surface area contributed by atoms with Crippen LogP contribution in [-0.2, 0) is 20.8 Å². The van der Waals surface area contributed by atoms with Crippen LogP contribution < -0.4 is 10.2 Å². The lowest BCUT2D eigenvalue weighted by Gasteiger charge is -2.32. The minimum absolute atomic E-state index is 0.0549. The number of hydrogen-bond acceptors (Lipinski definition) is 6. The molecule has 1 N–H and O–H groups in total. The van der Waals surface area contributed by atoms with Crippen LogP contribution in [-0.4, -0.2) is 44.6 Å². The quantitative estimate of drug-likeness (QED) is 0.476. The lowest BCUT2D eigenvalue weighted by Crippen LogP contribution is -2.41. The molecule has 2 aromatic carbocycles. The summed E-state index contributed by atoms with van der Waals surface area (Å²) in [6.07, 6.45) is -4.03. The van der Waals surface area contributed by atoms with Crippen molar-refractivity contribution < 1.29 is 31.3 Å². The number of rotatable bonds is 7. The van der Waals surface area contributed by atoms with Crippen LogP contribution in [0.5, 0.6) is 0 Å². The van der Waals surface area contributed by atoms with Gasteiger partial charge in [0.1, 0.15) is 5.69 Å². The number of nitrogens with zero attached hydrogens (tertiary/aromatic N) is 2. The van der Waals surface area contributed by atoms with Crippen LogP contribution in [0.25, 0.3) is 0 Å². The predicted molar refractivity (Wildman–Crippen MR) is 115 cm³/mol. The summed E-state index contributed by atoms with van der Waals surface area (Å²) in [5, 5.41) is 13.9. The van der Waals surface area contributed by atoms with Gasteiger partial charge >= 0.3 is 6.18 Å². The van der Waals surface area contributed by atoms with Gasteiger partial charge in [-0.05, 0) is 37.1 Å². The van der Waals surface area contributed by atoms with Gasteiger partial charge in [-0.25, -0.2) is 8.42 Å². The first-order valence-corrected chi connectivity index (χ1v) is 11.8. The number of nitro benzene ring substituents is 1. The number of amides is 1. The van der Waals surface area contributed by atoms with Crippen molar-refractivity contribution in [1.82, 2.24) is 5.32 Å². The van der Waals surface area contributed by atoms with E-state index in [4.69, 9.17) is 0 Å². The third kappa shape index (κ3) is 6.01. The fraction of sp³-hybridized carbons (Fsp3) is 0.381. The van der Waals surface area contributed by atoms with Crippen molar-refractivity contribution in [3.8, 4) is 0 Å². The maximum atomic E-state index is 12.9. The zero-order valence-electron chi connectivity index (χ0n) is 17.4. The SMILES string of the molecule is O=C(NCCS(=O)(=O)c1ccccc1)C1CCN(c2ccc(C(F)(F)F)cc2[N+](=O)[O-])CC1. The molecule has 178 valence electrons. The first-order chi connectivity index (χ1) is 15.5. The van der Waals surface area contributed by atoms with Gasteiger partial charge in [0.05, 0.1) is 21.1 Å². The van der Waals surface area contributed by atoms with Crippen molar-refractivity contribution in [2.45, 2.75) is 23.9 Å². The Morgan fingerprint density at radius 3 is 2.33 bits per heavy atom. The molecule has 1 saturated heterocycles. The van der Waals surface area contributed by atoms with E-state index in [9.17, 15) is 36.5 Å². The highest BCUT2D eigenvalue weighted by Gasteiger charge is 2.35. The summed E-state index contributed by atoms with van der Waals surface area (Å²) in [6.45, 7) is 0.430. The van der Waals surface area contributed by atoms with Crippen molar-refractivity contribution in [1.29, 1.82) is 0 Å². The van der Waals surface area contributed by atoms with Gasteiger partial charge in [0.25, 0.3) is 5.69 Å². The molecule has 0 unspecified atom stereocenters. The maximum absolute atomic E-state index is 12.9. The number of nitro groups is 1. The van der Waals surface area contributed by atoms with E-state index in [1.165, 1.54) is 12.1 Å². The molecule has 1 heterocycles. The smallest absolute Gasteiger partial charge is 0.366 e. The molecule has 0 radical (unpaired) electrons. The molecule has 12 heteroatoms. The van der Waals surface area contributed by atoms with E-state index in [1.807, 2.05) is 0 Å². The molecule has 3 rings (SSSR count). The molecule has 0 spiro atoms. The van der Waals surface area contributed by atoms with Gasteiger partial charge in [0.2, 0.25) is 5.91 Å². The topological polar surface area (TPSA) is 110 Å². The molecular weight excluding hydrogens is 463 g/mol. The number of hydrogen-bond donors (Lipinski definition) is 1. The zero-order chi connectivity index (χ0) is 24.2. The van der Waals surface area contributed by atoms with Crippen LogP contribution >= 0.6 is 0 Å². The Kier molecular flexibility index (Phi) is 7.25. The number of carbonyl (C=O) groups excluding carboxylic acids is 1. The van der Waals surface area contributed by atoms with Crippen LogP contribution in [0.15, 0.2) is 53.4 Å². The van der Waals surface area contributed by atoms with Crippen LogP contribution in [0.3, 0.4) is 0 Å². The second-order valence-corrected chi connectivity index (χ2v) is 9.75. The van der Waals surface area contributed by atoms with Crippen LogP contribution in [0.4, 0.5) is 24.5 Å². The summed E-state index contributed by atoms with van der Waals surface area (Å²) in [7, 11) is -3.53. The molecule has 0 aliphatic carbocycles. The second kappa shape index (κ2) is 9.77. The summed E-state index contributed by atoms with van der Waals surface area (Å²) in [5.74, 6) is -0.992. The highest BCUT2D eigenvalue weighted by molar-refractivity contribution is 7.91. The van der Waals surface area contributed by atoms with Crippen LogP contribution in [0.2, 0.25) is 0 Å². The molecule has 0 aromatic heterocycles. The maximum Gasteiger partial charge on any atom is 0.416 e. The number of halogens is 3. The summed E-state index contributed by atoms with van der Waals surface area (Å²) >= 11 is 0. The largest absolute Gasteiger partial charge is 0.416 e. The fourth-order valence-corrected chi connectivity index (χ4v) is 4.87. The van der Waals surface area contributed by atoms with Crippen molar-refractivity contribution in [2.24, 2.45) is 5.92 Å². The normalized spacial score (nSPS) is 15.3. The molecule has 33 heavy (non-hydrogen) atoms. The molecule has 1 aliphatic rings. The van der Waals surface area contributed by atoms with E-state index in [2.05, 4.69) is 5.32 Å². The van der Waals surface area contributed by atoms with Gasteiger partial charge in [-0.3, -0.25) is 14.9 Å². The average molecular weight is 485 g/mol. The van der Waals surface area contributed by atoms with E-state index in [1.54, 1.807) is 23.1 Å². The number of nitrogens with one attached hydrogen (secondary N) is 1. The monoisotopic (exact) mass is 485 g/mol. The lowest BCUT2D eigenvalue weighted by molar-refractivity contribution is -0.384. The summed E-state index contributed by atoms with van der Waals surface area (Å²) in [5.41, 5.74) is -1.67. The van der Waals surface area contributed by atoms with Crippen molar-refractivity contribution in [2.75, 3.05) is 30.3 Å². The minimum atomic E-state index is -4.69. The van der Waals surface area contributed by atoms with E-state index < -0.39 is 38.1 Å². The van der Waals surface area contributed by atoms with E-state index in [0.29, 0.717) is 18.9 Å². The van der Waals surface area contributed by atoms with Crippen molar-refractivity contribution >= 4 is 27.1 Å². The minimum Gasteiger partial charge on any atom is -0.366 e. The Labute approximate surface area is 188 Å². The number of anilines is 1. The van der Waals surface area contributed by atoms with Gasteiger partial charge in [-0.1, -0.05) is 18.2 Å². The Bertz CT molecular complexity index is 1120. The van der Waals surface area contributed by atoms with Gasteiger partial charge < -0.3 is 10.2 Å². The van der Waals surface area contributed by atoms with Crippen molar-refractivity contribution in [3.05, 3.63) is 64.2 Å². The molecule has 0 atom stereocenters. The molecule has 2 aromatic rings. The molecule has 1 aliphatic heterocycles. The number of piperidine rings is 1. The Morgan fingerprint density at radius 1 is 1.12 bits per heavy atom. The summed E-state index contributed by atoms with van der Waals surface area (Å²) in [6, 6.07) is 10.3. The van der Waals surface area contributed by atoms with Gasteiger partial charge in [-0.15, -0.1) is 0 Å². The van der Waals surface area contributed by atoms with Gasteiger partial charge in [-0.2, -0.15) is 13.2 Å². The highest BCUT2D eigenvalue weighted by atomic mass is 32.2. The zero-order valence-corrected chi connectivity index (χ0v) is 18.2. The molecule has 1 amide bonds. The first-order valence-electron chi connectivity index (χ1n) is 10.1. The molecule has 1 fully saturated rings.